The molecule has 0 spiro atoms. The molecule has 0 bridgehead atoms. The van der Waals surface area contributed by atoms with E-state index in [9.17, 15) is 9.18 Å². The van der Waals surface area contributed by atoms with Gasteiger partial charge >= 0.3 is 5.97 Å². The number of hydrogen-bond donors (Lipinski definition) is 0. The minimum Gasteiger partial charge on any atom is -0.489 e. The van der Waals surface area contributed by atoms with Crippen LogP contribution in [0.1, 0.15) is 16.7 Å². The first-order chi connectivity index (χ1) is 14.5. The maximum atomic E-state index is 13.2. The highest BCUT2D eigenvalue weighted by Gasteiger charge is 2.25. The van der Waals surface area contributed by atoms with Gasteiger partial charge in [-0.25, -0.2) is 14.2 Å². The molecule has 0 saturated carbocycles. The summed E-state index contributed by atoms with van der Waals surface area (Å²) in [7, 11) is 0. The van der Waals surface area contributed by atoms with Gasteiger partial charge in [0, 0.05) is 3.57 Å². The Morgan fingerprint density at radius 2 is 1.90 bits per heavy atom. The minimum absolute atomic E-state index is 0.185. The molecule has 0 N–H and O–H groups in total. The van der Waals surface area contributed by atoms with Crippen molar-refractivity contribution in [1.29, 1.82) is 0 Å². The third-order valence-corrected chi connectivity index (χ3v) is 5.26. The number of carbonyl (C=O) groups is 1. The van der Waals surface area contributed by atoms with Crippen molar-refractivity contribution in [3.8, 4) is 5.75 Å². The fourth-order valence-corrected chi connectivity index (χ4v) is 3.49. The highest BCUT2D eigenvalue weighted by molar-refractivity contribution is 14.1. The van der Waals surface area contributed by atoms with Crippen LogP contribution in [0.25, 0.3) is 6.08 Å². The molecule has 150 valence electrons. The van der Waals surface area contributed by atoms with Crippen molar-refractivity contribution < 1.29 is 18.7 Å². The lowest BCUT2D eigenvalue weighted by atomic mass is 10.2. The molecule has 4 rings (SSSR count). The largest absolute Gasteiger partial charge is 0.489 e. The maximum Gasteiger partial charge on any atom is 0.363 e. The molecule has 0 fully saturated rings. The van der Waals surface area contributed by atoms with Gasteiger partial charge in [-0.05, 0) is 82.3 Å². The quantitative estimate of drug-likeness (QED) is 0.229. The van der Waals surface area contributed by atoms with E-state index in [1.54, 1.807) is 48.5 Å². The average molecular weight is 534 g/mol. The van der Waals surface area contributed by atoms with Gasteiger partial charge in [0.15, 0.2) is 5.70 Å². The first-order valence-electron chi connectivity index (χ1n) is 8.93. The third kappa shape index (κ3) is 4.88. The Balaban J connectivity index is 1.48. The van der Waals surface area contributed by atoms with Gasteiger partial charge in [0.1, 0.15) is 18.2 Å². The van der Waals surface area contributed by atoms with E-state index < -0.39 is 5.97 Å². The van der Waals surface area contributed by atoms with E-state index in [1.807, 2.05) is 12.1 Å². The summed E-state index contributed by atoms with van der Waals surface area (Å²) in [6.45, 7) is 0.259. The highest BCUT2D eigenvalue weighted by atomic mass is 127. The molecule has 0 atom stereocenters. The van der Waals surface area contributed by atoms with Gasteiger partial charge in [-0.1, -0.05) is 35.9 Å². The van der Waals surface area contributed by atoms with E-state index in [1.165, 1.54) is 12.1 Å². The van der Waals surface area contributed by atoms with E-state index in [2.05, 4.69) is 27.6 Å². The zero-order valence-electron chi connectivity index (χ0n) is 15.4. The lowest BCUT2D eigenvalue weighted by Gasteiger charge is -2.06. The fourth-order valence-electron chi connectivity index (χ4n) is 2.80. The van der Waals surface area contributed by atoms with Crippen molar-refractivity contribution in [2.24, 2.45) is 4.99 Å². The smallest absolute Gasteiger partial charge is 0.363 e. The number of aliphatic imine (C=N–C) groups is 1. The summed E-state index contributed by atoms with van der Waals surface area (Å²) in [5.74, 6) is -0.0191. The number of nitrogens with zero attached hydrogens (tertiary/aromatic N) is 1. The summed E-state index contributed by atoms with van der Waals surface area (Å²) in [5.41, 5.74) is 2.26. The van der Waals surface area contributed by atoms with Crippen LogP contribution in [-0.4, -0.2) is 11.9 Å². The Morgan fingerprint density at radius 3 is 2.67 bits per heavy atom. The summed E-state index contributed by atoms with van der Waals surface area (Å²) in [5, 5.41) is 0.461. The second kappa shape index (κ2) is 8.97. The second-order valence-corrected chi connectivity index (χ2v) is 8.10. The molecular formula is C23H14ClFINO3. The summed E-state index contributed by atoms with van der Waals surface area (Å²) >= 11 is 8.36. The SMILES string of the molecule is O=C1OC(c2cc(I)ccc2Cl)=N/C1=C\c1ccc(OCc2cccc(F)c2)cc1. The van der Waals surface area contributed by atoms with Crippen LogP contribution in [0.5, 0.6) is 5.75 Å². The molecule has 3 aromatic rings. The minimum atomic E-state index is -0.536. The molecule has 0 radical (unpaired) electrons. The van der Waals surface area contributed by atoms with Crippen LogP contribution in [-0.2, 0) is 16.1 Å². The number of carbonyl (C=O) groups excluding carboxylic acids is 1. The number of ether oxygens (including phenoxy) is 2. The molecule has 3 aromatic carbocycles. The number of cyclic esters (lactones) is 1. The number of rotatable bonds is 5. The number of benzene rings is 3. The Hall–Kier alpha value is -2.71. The van der Waals surface area contributed by atoms with Crippen molar-refractivity contribution in [3.05, 3.63) is 104 Å². The summed E-state index contributed by atoms with van der Waals surface area (Å²) in [6, 6.07) is 18.8. The number of esters is 1. The molecule has 0 aromatic heterocycles. The zero-order valence-corrected chi connectivity index (χ0v) is 18.4. The van der Waals surface area contributed by atoms with Gasteiger partial charge in [-0.2, -0.15) is 0 Å². The maximum absolute atomic E-state index is 13.2. The van der Waals surface area contributed by atoms with Crippen LogP contribution in [0.4, 0.5) is 4.39 Å². The highest BCUT2D eigenvalue weighted by Crippen LogP contribution is 2.26. The first kappa shape index (κ1) is 20.6. The van der Waals surface area contributed by atoms with Crippen LogP contribution in [0.15, 0.2) is 77.4 Å². The van der Waals surface area contributed by atoms with Crippen LogP contribution in [0, 0.1) is 9.39 Å². The Bertz CT molecular complexity index is 1180. The Kier molecular flexibility index (Phi) is 6.15. The van der Waals surface area contributed by atoms with E-state index in [0.29, 0.717) is 16.3 Å². The fraction of sp³-hybridized carbons (Fsp3) is 0.0435. The van der Waals surface area contributed by atoms with Crippen molar-refractivity contribution in [3.63, 3.8) is 0 Å². The topological polar surface area (TPSA) is 47.9 Å². The molecule has 1 heterocycles. The van der Waals surface area contributed by atoms with E-state index in [-0.39, 0.29) is 24.0 Å². The molecule has 7 heteroatoms. The Labute approximate surface area is 191 Å². The molecular weight excluding hydrogens is 520 g/mol. The van der Waals surface area contributed by atoms with Crippen molar-refractivity contribution in [2.75, 3.05) is 0 Å². The van der Waals surface area contributed by atoms with Gasteiger partial charge in [0.25, 0.3) is 0 Å². The molecule has 1 aliphatic heterocycles. The summed E-state index contributed by atoms with van der Waals surface area (Å²) < 4.78 is 25.1. The predicted octanol–water partition coefficient (Wildman–Crippen LogP) is 6.01. The van der Waals surface area contributed by atoms with E-state index in [4.69, 9.17) is 21.1 Å². The second-order valence-electron chi connectivity index (χ2n) is 6.45. The van der Waals surface area contributed by atoms with Gasteiger partial charge in [0.05, 0.1) is 10.6 Å². The third-order valence-electron chi connectivity index (χ3n) is 4.26. The van der Waals surface area contributed by atoms with Gasteiger partial charge < -0.3 is 9.47 Å². The van der Waals surface area contributed by atoms with Crippen LogP contribution < -0.4 is 4.74 Å². The number of hydrogen-bond acceptors (Lipinski definition) is 4. The van der Waals surface area contributed by atoms with Crippen LogP contribution in [0.2, 0.25) is 5.02 Å². The van der Waals surface area contributed by atoms with Gasteiger partial charge in [0.2, 0.25) is 5.90 Å². The van der Waals surface area contributed by atoms with Gasteiger partial charge in [-0.15, -0.1) is 0 Å². The molecule has 1 aliphatic rings. The monoisotopic (exact) mass is 533 g/mol. The average Bonchev–Trinajstić information content (AvgIpc) is 3.09. The lowest BCUT2D eigenvalue weighted by Crippen LogP contribution is -2.06. The standard InChI is InChI=1S/C23H14ClFINO3/c24-20-9-6-17(26)12-19(20)22-27-21(23(28)30-22)11-14-4-7-18(8-5-14)29-13-15-2-1-3-16(25)10-15/h1-12H,13H2/b21-11-. The van der Waals surface area contributed by atoms with Crippen molar-refractivity contribution in [1.82, 2.24) is 0 Å². The molecule has 30 heavy (non-hydrogen) atoms. The molecule has 4 nitrogen and oxygen atoms in total. The van der Waals surface area contributed by atoms with Gasteiger partial charge in [-0.3, -0.25) is 0 Å². The zero-order chi connectivity index (χ0) is 21.1. The summed E-state index contributed by atoms with van der Waals surface area (Å²) in [4.78, 5) is 16.5. The first-order valence-corrected chi connectivity index (χ1v) is 10.4. The summed E-state index contributed by atoms with van der Waals surface area (Å²) in [6.07, 6.45) is 1.63. The van der Waals surface area contributed by atoms with Crippen LogP contribution in [0.3, 0.4) is 0 Å². The van der Waals surface area contributed by atoms with Crippen molar-refractivity contribution >= 4 is 52.1 Å². The Morgan fingerprint density at radius 1 is 1.10 bits per heavy atom. The molecule has 0 aliphatic carbocycles. The molecule has 0 amide bonds. The van der Waals surface area contributed by atoms with E-state index >= 15 is 0 Å². The van der Waals surface area contributed by atoms with Crippen LogP contribution >= 0.6 is 34.2 Å². The lowest BCUT2D eigenvalue weighted by molar-refractivity contribution is -0.129. The molecule has 0 saturated heterocycles. The molecule has 0 unspecified atom stereocenters. The normalized spacial score (nSPS) is 14.6. The predicted molar refractivity (Wildman–Crippen MR) is 122 cm³/mol. The van der Waals surface area contributed by atoms with E-state index in [0.717, 1.165) is 14.7 Å². The number of halogens is 3. The van der Waals surface area contributed by atoms with Crippen molar-refractivity contribution in [2.45, 2.75) is 6.61 Å².